The highest BCUT2D eigenvalue weighted by Crippen LogP contribution is 2.22. The number of oxime groups is 1. The van der Waals surface area contributed by atoms with Crippen LogP contribution in [-0.4, -0.2) is 35.1 Å². The molecular weight excluding hydrogens is 312 g/mol. The molecule has 0 bridgehead atoms. The van der Waals surface area contributed by atoms with E-state index in [1.54, 1.807) is 23.1 Å². The van der Waals surface area contributed by atoms with Crippen molar-refractivity contribution in [3.8, 4) is 0 Å². The van der Waals surface area contributed by atoms with Gasteiger partial charge in [0, 0.05) is 23.1 Å². The van der Waals surface area contributed by atoms with Gasteiger partial charge in [0.1, 0.15) is 0 Å². The van der Waals surface area contributed by atoms with Crippen molar-refractivity contribution in [2.45, 2.75) is 12.8 Å². The summed E-state index contributed by atoms with van der Waals surface area (Å²) < 4.78 is 0.785. The van der Waals surface area contributed by atoms with E-state index >= 15 is 0 Å². The molecule has 1 aromatic carbocycles. The van der Waals surface area contributed by atoms with Crippen LogP contribution in [0.4, 0.5) is 10.5 Å². The molecule has 1 aliphatic heterocycles. The van der Waals surface area contributed by atoms with Crippen LogP contribution in [0.5, 0.6) is 0 Å². The number of amidine groups is 1. The second-order valence-electron chi connectivity index (χ2n) is 4.30. The zero-order valence-electron chi connectivity index (χ0n) is 10.3. The Morgan fingerprint density at radius 2 is 2.11 bits per heavy atom. The van der Waals surface area contributed by atoms with Crippen LogP contribution in [0.1, 0.15) is 18.4 Å². The number of carbonyl (C=O) groups is 1. The van der Waals surface area contributed by atoms with Crippen molar-refractivity contribution in [3.05, 3.63) is 28.2 Å². The van der Waals surface area contributed by atoms with Crippen LogP contribution in [-0.2, 0) is 0 Å². The van der Waals surface area contributed by atoms with Gasteiger partial charge in [-0.1, -0.05) is 21.1 Å². The molecule has 0 unspecified atom stereocenters. The summed E-state index contributed by atoms with van der Waals surface area (Å²) in [5.41, 5.74) is 6.61. The summed E-state index contributed by atoms with van der Waals surface area (Å²) in [6.07, 6.45) is 2.06. The molecule has 1 heterocycles. The molecule has 4 N–H and O–H groups in total. The molecule has 1 saturated heterocycles. The summed E-state index contributed by atoms with van der Waals surface area (Å²) in [7, 11) is 0. The van der Waals surface area contributed by atoms with Gasteiger partial charge >= 0.3 is 6.03 Å². The van der Waals surface area contributed by atoms with E-state index in [9.17, 15) is 4.79 Å². The minimum atomic E-state index is -0.160. The van der Waals surface area contributed by atoms with Crippen molar-refractivity contribution >= 4 is 33.5 Å². The number of nitrogens with one attached hydrogen (secondary N) is 1. The number of rotatable bonds is 2. The fraction of sp³-hybridized carbons (Fsp3) is 0.333. The first-order chi connectivity index (χ1) is 9.11. The number of halogens is 1. The van der Waals surface area contributed by atoms with Gasteiger partial charge in [0.15, 0.2) is 5.84 Å². The van der Waals surface area contributed by atoms with Gasteiger partial charge in [-0.3, -0.25) is 0 Å². The SMILES string of the molecule is N/C(=N/O)c1cc(Br)ccc1NC(=O)N1CCCC1. The van der Waals surface area contributed by atoms with Crippen molar-refractivity contribution in [1.82, 2.24) is 4.90 Å². The van der Waals surface area contributed by atoms with Crippen molar-refractivity contribution in [2.75, 3.05) is 18.4 Å². The predicted octanol–water partition coefficient (Wildman–Crippen LogP) is 2.17. The topological polar surface area (TPSA) is 91.0 Å². The molecule has 0 radical (unpaired) electrons. The molecule has 2 amide bonds. The number of benzene rings is 1. The molecule has 7 heteroatoms. The summed E-state index contributed by atoms with van der Waals surface area (Å²) in [6.45, 7) is 1.53. The van der Waals surface area contributed by atoms with E-state index in [4.69, 9.17) is 10.9 Å². The lowest BCUT2D eigenvalue weighted by Gasteiger charge is -2.17. The lowest BCUT2D eigenvalue weighted by molar-refractivity contribution is 0.222. The number of hydrogen-bond acceptors (Lipinski definition) is 3. The number of hydrogen-bond donors (Lipinski definition) is 3. The summed E-state index contributed by atoms with van der Waals surface area (Å²) in [5, 5.41) is 14.5. The molecular formula is C12H15BrN4O2. The average Bonchev–Trinajstić information content (AvgIpc) is 2.94. The number of nitrogens with zero attached hydrogens (tertiary/aromatic N) is 2. The van der Waals surface area contributed by atoms with E-state index in [0.717, 1.165) is 30.4 Å². The summed E-state index contributed by atoms with van der Waals surface area (Å²) in [4.78, 5) is 13.8. The lowest BCUT2D eigenvalue weighted by Crippen LogP contribution is -2.33. The van der Waals surface area contributed by atoms with Crippen LogP contribution in [0, 0.1) is 0 Å². The number of nitrogens with two attached hydrogens (primary N) is 1. The number of urea groups is 1. The highest BCUT2D eigenvalue weighted by Gasteiger charge is 2.19. The predicted molar refractivity (Wildman–Crippen MR) is 76.5 cm³/mol. The zero-order chi connectivity index (χ0) is 13.8. The Bertz CT molecular complexity index is 512. The Hall–Kier alpha value is -1.76. The van der Waals surface area contributed by atoms with Crippen molar-refractivity contribution in [3.63, 3.8) is 0 Å². The molecule has 6 nitrogen and oxygen atoms in total. The van der Waals surface area contributed by atoms with Crippen LogP contribution in [0.3, 0.4) is 0 Å². The quantitative estimate of drug-likeness (QED) is 0.336. The molecule has 2 rings (SSSR count). The van der Waals surface area contributed by atoms with E-state index in [2.05, 4.69) is 26.4 Å². The Kier molecular flexibility index (Phi) is 4.26. The van der Waals surface area contributed by atoms with E-state index in [1.807, 2.05) is 0 Å². The monoisotopic (exact) mass is 326 g/mol. The maximum absolute atomic E-state index is 12.0. The van der Waals surface area contributed by atoms with Gasteiger partial charge in [-0.25, -0.2) is 4.79 Å². The first kappa shape index (κ1) is 13.7. The van der Waals surface area contributed by atoms with Gasteiger partial charge in [-0.15, -0.1) is 0 Å². The number of likely N-dealkylation sites (tertiary alicyclic amines) is 1. The molecule has 1 fully saturated rings. The normalized spacial score (nSPS) is 15.6. The minimum absolute atomic E-state index is 0.0435. The van der Waals surface area contributed by atoms with Crippen LogP contribution < -0.4 is 11.1 Å². The fourth-order valence-electron chi connectivity index (χ4n) is 2.01. The molecule has 0 atom stereocenters. The molecule has 19 heavy (non-hydrogen) atoms. The fourth-order valence-corrected chi connectivity index (χ4v) is 2.37. The first-order valence-corrected chi connectivity index (χ1v) is 6.74. The second-order valence-corrected chi connectivity index (χ2v) is 5.22. The smallest absolute Gasteiger partial charge is 0.321 e. The van der Waals surface area contributed by atoms with Crippen molar-refractivity contribution in [2.24, 2.45) is 10.9 Å². The second kappa shape index (κ2) is 5.92. The van der Waals surface area contributed by atoms with Gasteiger partial charge in [-0.05, 0) is 31.0 Å². The molecule has 102 valence electrons. The number of amides is 2. The maximum atomic E-state index is 12.0. The third kappa shape index (κ3) is 3.17. The van der Waals surface area contributed by atoms with E-state index in [-0.39, 0.29) is 11.9 Å². The lowest BCUT2D eigenvalue weighted by atomic mass is 10.1. The third-order valence-electron chi connectivity index (χ3n) is 3.00. The molecule has 0 aromatic heterocycles. The van der Waals surface area contributed by atoms with Gasteiger partial charge in [0.05, 0.1) is 5.69 Å². The minimum Gasteiger partial charge on any atom is -0.409 e. The molecule has 1 aliphatic rings. The number of carbonyl (C=O) groups excluding carboxylic acids is 1. The molecule has 0 aliphatic carbocycles. The van der Waals surface area contributed by atoms with Crippen LogP contribution in [0.15, 0.2) is 27.8 Å². The van der Waals surface area contributed by atoms with E-state index in [1.165, 1.54) is 0 Å². The largest absolute Gasteiger partial charge is 0.409 e. The summed E-state index contributed by atoms with van der Waals surface area (Å²) in [5.74, 6) is -0.0435. The highest BCUT2D eigenvalue weighted by atomic mass is 79.9. The standard InChI is InChI=1S/C12H15BrN4O2/c13-8-3-4-10(9(7-8)11(14)16-19)15-12(18)17-5-1-2-6-17/h3-4,7,19H,1-2,5-6H2,(H2,14,16)(H,15,18). The van der Waals surface area contributed by atoms with Gasteiger partial charge in [0.25, 0.3) is 0 Å². The summed E-state index contributed by atoms with van der Waals surface area (Å²) >= 11 is 3.31. The molecule has 0 spiro atoms. The Morgan fingerprint density at radius 1 is 1.42 bits per heavy atom. The van der Waals surface area contributed by atoms with Gasteiger partial charge < -0.3 is 21.2 Å². The van der Waals surface area contributed by atoms with Crippen LogP contribution in [0.2, 0.25) is 0 Å². The van der Waals surface area contributed by atoms with Crippen LogP contribution in [0.25, 0.3) is 0 Å². The van der Waals surface area contributed by atoms with Crippen LogP contribution >= 0.6 is 15.9 Å². The van der Waals surface area contributed by atoms with E-state index in [0.29, 0.717) is 11.3 Å². The Labute approximate surface area is 119 Å². The Balaban J connectivity index is 2.21. The average molecular weight is 327 g/mol. The van der Waals surface area contributed by atoms with Crippen molar-refractivity contribution in [1.29, 1.82) is 0 Å². The Morgan fingerprint density at radius 3 is 2.74 bits per heavy atom. The van der Waals surface area contributed by atoms with Gasteiger partial charge in [0.2, 0.25) is 0 Å². The highest BCUT2D eigenvalue weighted by molar-refractivity contribution is 9.10. The van der Waals surface area contributed by atoms with Gasteiger partial charge in [-0.2, -0.15) is 0 Å². The first-order valence-electron chi connectivity index (χ1n) is 5.95. The summed E-state index contributed by atoms with van der Waals surface area (Å²) in [6, 6.07) is 5.03. The third-order valence-corrected chi connectivity index (χ3v) is 3.49. The van der Waals surface area contributed by atoms with Crippen molar-refractivity contribution < 1.29 is 10.0 Å². The van der Waals surface area contributed by atoms with E-state index < -0.39 is 0 Å². The molecule has 1 aromatic rings. The number of anilines is 1. The maximum Gasteiger partial charge on any atom is 0.321 e. The zero-order valence-corrected chi connectivity index (χ0v) is 11.9. The molecule has 0 saturated carbocycles.